The van der Waals surface area contributed by atoms with Gasteiger partial charge in [0, 0.05) is 31.6 Å². The van der Waals surface area contributed by atoms with Gasteiger partial charge in [0.15, 0.2) is 0 Å². The number of halogens is 1. The number of hydrogen-bond donors (Lipinski definition) is 3. The molecule has 0 aromatic rings. The summed E-state index contributed by atoms with van der Waals surface area (Å²) in [5.74, 6) is -0.391. The Labute approximate surface area is 102 Å². The molecule has 5 nitrogen and oxygen atoms in total. The predicted molar refractivity (Wildman–Crippen MR) is 64.1 cm³/mol. The van der Waals surface area contributed by atoms with Crippen LogP contribution in [0.15, 0.2) is 0 Å². The van der Waals surface area contributed by atoms with Crippen molar-refractivity contribution >= 4 is 18.4 Å². The molecule has 16 heavy (non-hydrogen) atoms. The van der Waals surface area contributed by atoms with E-state index in [4.69, 9.17) is 5.11 Å². The number of nitrogens with one attached hydrogen (secondary N) is 2. The fraction of sp³-hybridized carbons (Fsp3) is 0.900. The highest BCUT2D eigenvalue weighted by Gasteiger charge is 2.46. The molecule has 2 saturated heterocycles. The van der Waals surface area contributed by atoms with Crippen LogP contribution in [0.5, 0.6) is 0 Å². The van der Waals surface area contributed by atoms with E-state index in [9.17, 15) is 4.79 Å². The van der Waals surface area contributed by atoms with Crippen molar-refractivity contribution in [3.63, 3.8) is 0 Å². The summed E-state index contributed by atoms with van der Waals surface area (Å²) in [5.41, 5.74) is 0. The fourth-order valence-corrected chi connectivity index (χ4v) is 2.82. The number of likely N-dealkylation sites (N-methyl/N-ethyl adjacent to an activating group) is 1. The number of rotatable bonds is 4. The zero-order valence-electron chi connectivity index (χ0n) is 9.48. The van der Waals surface area contributed by atoms with Gasteiger partial charge in [-0.05, 0) is 20.0 Å². The molecule has 2 aliphatic heterocycles. The lowest BCUT2D eigenvalue weighted by Gasteiger charge is -2.22. The van der Waals surface area contributed by atoms with E-state index in [0.29, 0.717) is 12.0 Å². The Hall–Kier alpha value is -0.360. The standard InChI is InChI=1S/C10H19N3O2.ClH/c1-11-3-5-13-4-2-7-8(13)6-12-9(7)10(14)15;/h7-9,11-12H,2-6H2,1H3,(H,14,15);1H. The van der Waals surface area contributed by atoms with Gasteiger partial charge in [0.05, 0.1) is 0 Å². The van der Waals surface area contributed by atoms with Gasteiger partial charge in [0.1, 0.15) is 6.04 Å². The third-order valence-electron chi connectivity index (χ3n) is 3.60. The van der Waals surface area contributed by atoms with Crippen molar-refractivity contribution in [1.82, 2.24) is 15.5 Å². The summed E-state index contributed by atoms with van der Waals surface area (Å²) in [7, 11) is 1.94. The average molecular weight is 250 g/mol. The molecule has 3 N–H and O–H groups in total. The van der Waals surface area contributed by atoms with Gasteiger partial charge in [0.25, 0.3) is 0 Å². The number of carboxylic acids is 1. The monoisotopic (exact) mass is 249 g/mol. The molecule has 0 amide bonds. The van der Waals surface area contributed by atoms with Gasteiger partial charge in [-0.2, -0.15) is 0 Å². The predicted octanol–water partition coefficient (Wildman–Crippen LogP) is -0.625. The normalized spacial score (nSPS) is 33.4. The summed E-state index contributed by atoms with van der Waals surface area (Å²) < 4.78 is 0. The van der Waals surface area contributed by atoms with E-state index in [0.717, 1.165) is 32.6 Å². The van der Waals surface area contributed by atoms with E-state index in [1.54, 1.807) is 0 Å². The fourth-order valence-electron chi connectivity index (χ4n) is 2.82. The second-order valence-electron chi connectivity index (χ2n) is 4.38. The van der Waals surface area contributed by atoms with Gasteiger partial charge >= 0.3 is 5.97 Å². The molecule has 0 aromatic heterocycles. The SMILES string of the molecule is CNCCN1CCC2C(C(=O)O)NCC21.Cl. The number of likely N-dealkylation sites (tertiary alicyclic amines) is 1. The number of carbonyl (C=O) groups is 1. The van der Waals surface area contributed by atoms with Gasteiger partial charge in [-0.15, -0.1) is 12.4 Å². The lowest BCUT2D eigenvalue weighted by atomic mass is 9.97. The molecule has 2 rings (SSSR count). The molecule has 0 aromatic carbocycles. The van der Waals surface area contributed by atoms with Crippen molar-refractivity contribution in [2.24, 2.45) is 5.92 Å². The maximum absolute atomic E-state index is 11.0. The number of hydrogen-bond acceptors (Lipinski definition) is 4. The molecule has 0 spiro atoms. The molecule has 2 heterocycles. The van der Waals surface area contributed by atoms with E-state index in [-0.39, 0.29) is 18.4 Å². The summed E-state index contributed by atoms with van der Waals surface area (Å²) in [5, 5.41) is 15.3. The van der Waals surface area contributed by atoms with Crippen molar-refractivity contribution in [3.05, 3.63) is 0 Å². The number of aliphatic carboxylic acids is 1. The molecular weight excluding hydrogens is 230 g/mol. The Morgan fingerprint density at radius 1 is 1.62 bits per heavy atom. The summed E-state index contributed by atoms with van der Waals surface area (Å²) in [4.78, 5) is 13.4. The molecule has 94 valence electrons. The summed E-state index contributed by atoms with van der Waals surface area (Å²) >= 11 is 0. The van der Waals surface area contributed by atoms with Crippen LogP contribution in [0.3, 0.4) is 0 Å². The minimum absolute atomic E-state index is 0. The summed E-state index contributed by atoms with van der Waals surface area (Å²) in [6.45, 7) is 3.86. The van der Waals surface area contributed by atoms with Gasteiger partial charge in [0.2, 0.25) is 0 Å². The van der Waals surface area contributed by atoms with Crippen molar-refractivity contribution in [3.8, 4) is 0 Å². The highest BCUT2D eigenvalue weighted by Crippen LogP contribution is 2.30. The molecule has 0 radical (unpaired) electrons. The Bertz CT molecular complexity index is 252. The molecule has 3 atom stereocenters. The maximum Gasteiger partial charge on any atom is 0.321 e. The van der Waals surface area contributed by atoms with Crippen LogP contribution in [0.25, 0.3) is 0 Å². The van der Waals surface area contributed by atoms with Crippen molar-refractivity contribution in [2.45, 2.75) is 18.5 Å². The molecule has 0 saturated carbocycles. The first-order valence-corrected chi connectivity index (χ1v) is 5.59. The van der Waals surface area contributed by atoms with E-state index in [2.05, 4.69) is 15.5 Å². The average Bonchev–Trinajstić information content (AvgIpc) is 2.74. The third kappa shape index (κ3) is 2.48. The molecule has 3 unspecified atom stereocenters. The minimum Gasteiger partial charge on any atom is -0.480 e. The Morgan fingerprint density at radius 2 is 2.38 bits per heavy atom. The minimum atomic E-state index is -0.696. The Morgan fingerprint density at radius 3 is 3.00 bits per heavy atom. The van der Waals surface area contributed by atoms with E-state index in [1.165, 1.54) is 0 Å². The van der Waals surface area contributed by atoms with Crippen molar-refractivity contribution in [2.75, 3.05) is 33.2 Å². The summed E-state index contributed by atoms with van der Waals surface area (Å²) in [6, 6.07) is 0.106. The van der Waals surface area contributed by atoms with Crippen LogP contribution in [0.2, 0.25) is 0 Å². The van der Waals surface area contributed by atoms with Crippen molar-refractivity contribution < 1.29 is 9.90 Å². The second kappa shape index (κ2) is 5.82. The highest BCUT2D eigenvalue weighted by atomic mass is 35.5. The first kappa shape index (κ1) is 13.7. The summed E-state index contributed by atoms with van der Waals surface area (Å²) in [6.07, 6.45) is 1.01. The molecule has 0 bridgehead atoms. The first-order chi connectivity index (χ1) is 7.24. The number of nitrogens with zero attached hydrogens (tertiary/aromatic N) is 1. The van der Waals surface area contributed by atoms with Gasteiger partial charge in [-0.1, -0.05) is 0 Å². The molecule has 6 heteroatoms. The van der Waals surface area contributed by atoms with Crippen LogP contribution in [0, 0.1) is 5.92 Å². The number of carboxylic acid groups (broad SMARTS) is 1. The van der Waals surface area contributed by atoms with E-state index >= 15 is 0 Å². The number of fused-ring (bicyclic) bond motifs is 1. The van der Waals surface area contributed by atoms with Gasteiger partial charge in [-0.25, -0.2) is 0 Å². The van der Waals surface area contributed by atoms with Crippen LogP contribution in [-0.2, 0) is 4.79 Å². The van der Waals surface area contributed by atoms with Crippen LogP contribution in [-0.4, -0.2) is 61.3 Å². The zero-order valence-corrected chi connectivity index (χ0v) is 10.3. The molecule has 0 aliphatic carbocycles. The first-order valence-electron chi connectivity index (χ1n) is 5.59. The largest absolute Gasteiger partial charge is 0.480 e. The third-order valence-corrected chi connectivity index (χ3v) is 3.60. The van der Waals surface area contributed by atoms with Crippen LogP contribution < -0.4 is 10.6 Å². The van der Waals surface area contributed by atoms with Crippen LogP contribution in [0.4, 0.5) is 0 Å². The topological polar surface area (TPSA) is 64.6 Å². The van der Waals surface area contributed by atoms with Gasteiger partial charge in [-0.3, -0.25) is 9.69 Å². The van der Waals surface area contributed by atoms with E-state index < -0.39 is 5.97 Å². The smallest absolute Gasteiger partial charge is 0.321 e. The lowest BCUT2D eigenvalue weighted by Crippen LogP contribution is -2.38. The lowest BCUT2D eigenvalue weighted by molar-refractivity contribution is -0.140. The van der Waals surface area contributed by atoms with E-state index in [1.807, 2.05) is 7.05 Å². The van der Waals surface area contributed by atoms with Crippen LogP contribution in [0.1, 0.15) is 6.42 Å². The molecular formula is C10H20ClN3O2. The second-order valence-corrected chi connectivity index (χ2v) is 4.38. The quantitative estimate of drug-likeness (QED) is 0.620. The maximum atomic E-state index is 11.0. The Balaban J connectivity index is 0.00000128. The zero-order chi connectivity index (χ0) is 10.8. The Kier molecular flexibility index (Phi) is 4.98. The van der Waals surface area contributed by atoms with Crippen LogP contribution >= 0.6 is 12.4 Å². The highest BCUT2D eigenvalue weighted by molar-refractivity contribution is 5.85. The molecule has 2 aliphatic rings. The molecule has 2 fully saturated rings. The van der Waals surface area contributed by atoms with Gasteiger partial charge < -0.3 is 15.7 Å². The van der Waals surface area contributed by atoms with Crippen molar-refractivity contribution in [1.29, 1.82) is 0 Å².